The monoisotopic (exact) mass is 222 g/mol. The lowest BCUT2D eigenvalue weighted by Crippen LogP contribution is -2.40. The van der Waals surface area contributed by atoms with Crippen molar-refractivity contribution in [2.24, 2.45) is 5.92 Å². The minimum Gasteiger partial charge on any atom is -0.352 e. The summed E-state index contributed by atoms with van der Waals surface area (Å²) in [7, 11) is 0. The van der Waals surface area contributed by atoms with Crippen LogP contribution in [0.25, 0.3) is 0 Å². The fraction of sp³-hybridized carbons (Fsp3) is 0.636. The number of nitrogens with one attached hydrogen (secondary N) is 2. The average molecular weight is 222 g/mol. The summed E-state index contributed by atoms with van der Waals surface area (Å²) in [6.45, 7) is 4.43. The van der Waals surface area contributed by atoms with Crippen LogP contribution in [0.4, 0.5) is 0 Å². The first-order valence-electron chi connectivity index (χ1n) is 5.73. The van der Waals surface area contributed by atoms with Crippen LogP contribution in [-0.2, 0) is 11.3 Å². The van der Waals surface area contributed by atoms with Gasteiger partial charge in [-0.05, 0) is 38.4 Å². The number of amides is 1. The molecule has 1 aliphatic rings. The van der Waals surface area contributed by atoms with Gasteiger partial charge in [0.2, 0.25) is 5.91 Å². The van der Waals surface area contributed by atoms with Crippen molar-refractivity contribution in [1.29, 1.82) is 0 Å². The van der Waals surface area contributed by atoms with Gasteiger partial charge in [-0.15, -0.1) is 0 Å². The lowest BCUT2D eigenvalue weighted by Gasteiger charge is -2.19. The second-order valence-corrected chi connectivity index (χ2v) is 4.31. The standard InChI is InChI=1S/C11H18N4O/c1-9(10-3-5-12-7-10)14-11(16)8-15-6-2-4-13-15/h2,4,6,9-10,12H,3,5,7-8H2,1H3,(H,14,16). The predicted molar refractivity (Wildman–Crippen MR) is 60.8 cm³/mol. The van der Waals surface area contributed by atoms with Crippen molar-refractivity contribution in [3.63, 3.8) is 0 Å². The molecule has 0 aliphatic carbocycles. The molecule has 16 heavy (non-hydrogen) atoms. The van der Waals surface area contributed by atoms with E-state index in [2.05, 4.69) is 22.7 Å². The Kier molecular flexibility index (Phi) is 3.56. The van der Waals surface area contributed by atoms with Gasteiger partial charge >= 0.3 is 0 Å². The van der Waals surface area contributed by atoms with Gasteiger partial charge in [-0.25, -0.2) is 0 Å². The van der Waals surface area contributed by atoms with Crippen molar-refractivity contribution in [3.05, 3.63) is 18.5 Å². The minimum absolute atomic E-state index is 0.0306. The quantitative estimate of drug-likeness (QED) is 0.753. The molecule has 5 nitrogen and oxygen atoms in total. The maximum absolute atomic E-state index is 11.7. The Labute approximate surface area is 95.2 Å². The lowest BCUT2D eigenvalue weighted by atomic mass is 10.0. The van der Waals surface area contributed by atoms with Crippen LogP contribution in [0.3, 0.4) is 0 Å². The van der Waals surface area contributed by atoms with Gasteiger partial charge in [-0.2, -0.15) is 5.10 Å². The Balaban J connectivity index is 1.78. The van der Waals surface area contributed by atoms with E-state index in [1.54, 1.807) is 17.1 Å². The third kappa shape index (κ3) is 2.82. The van der Waals surface area contributed by atoms with Crippen molar-refractivity contribution in [1.82, 2.24) is 20.4 Å². The van der Waals surface area contributed by atoms with E-state index < -0.39 is 0 Å². The number of aromatic nitrogens is 2. The van der Waals surface area contributed by atoms with E-state index in [-0.39, 0.29) is 11.9 Å². The number of carbonyl (C=O) groups is 1. The predicted octanol–water partition coefficient (Wildman–Crippen LogP) is -0.00270. The molecule has 1 fully saturated rings. The molecule has 1 amide bonds. The van der Waals surface area contributed by atoms with E-state index in [0.29, 0.717) is 12.5 Å². The van der Waals surface area contributed by atoms with Gasteiger partial charge in [0.15, 0.2) is 0 Å². The summed E-state index contributed by atoms with van der Waals surface area (Å²) in [5, 5.41) is 10.3. The van der Waals surface area contributed by atoms with Crippen molar-refractivity contribution < 1.29 is 4.79 Å². The van der Waals surface area contributed by atoms with Gasteiger partial charge in [-0.3, -0.25) is 9.48 Å². The first-order valence-corrected chi connectivity index (χ1v) is 5.73. The van der Waals surface area contributed by atoms with E-state index in [1.165, 1.54) is 0 Å². The fourth-order valence-electron chi connectivity index (χ4n) is 2.06. The molecule has 2 heterocycles. The van der Waals surface area contributed by atoms with E-state index in [9.17, 15) is 4.79 Å². The summed E-state index contributed by atoms with van der Waals surface area (Å²) in [4.78, 5) is 11.7. The summed E-state index contributed by atoms with van der Waals surface area (Å²) in [6.07, 6.45) is 4.61. The molecule has 2 N–H and O–H groups in total. The van der Waals surface area contributed by atoms with Gasteiger partial charge in [0, 0.05) is 18.4 Å². The highest BCUT2D eigenvalue weighted by atomic mass is 16.2. The molecule has 1 saturated heterocycles. The Hall–Kier alpha value is -1.36. The molecule has 0 aromatic carbocycles. The Morgan fingerprint density at radius 2 is 2.62 bits per heavy atom. The normalized spacial score (nSPS) is 21.9. The van der Waals surface area contributed by atoms with Crippen LogP contribution in [0.5, 0.6) is 0 Å². The molecule has 2 unspecified atom stereocenters. The van der Waals surface area contributed by atoms with Crippen molar-refractivity contribution in [2.45, 2.75) is 25.9 Å². The zero-order valence-electron chi connectivity index (χ0n) is 9.52. The van der Waals surface area contributed by atoms with Crippen LogP contribution in [0.15, 0.2) is 18.5 Å². The van der Waals surface area contributed by atoms with Crippen LogP contribution in [0.2, 0.25) is 0 Å². The molecule has 2 rings (SSSR count). The van der Waals surface area contributed by atoms with Crippen molar-refractivity contribution >= 4 is 5.91 Å². The highest BCUT2D eigenvalue weighted by molar-refractivity contribution is 5.75. The average Bonchev–Trinajstić information content (AvgIpc) is 2.88. The van der Waals surface area contributed by atoms with Gasteiger partial charge in [0.05, 0.1) is 0 Å². The number of nitrogens with zero attached hydrogens (tertiary/aromatic N) is 2. The summed E-state index contributed by atoms with van der Waals surface area (Å²) in [5.74, 6) is 0.588. The van der Waals surface area contributed by atoms with Crippen LogP contribution in [0, 0.1) is 5.92 Å². The van der Waals surface area contributed by atoms with Crippen LogP contribution in [0.1, 0.15) is 13.3 Å². The molecule has 88 valence electrons. The van der Waals surface area contributed by atoms with Crippen molar-refractivity contribution in [3.8, 4) is 0 Å². The Morgan fingerprint density at radius 3 is 3.25 bits per heavy atom. The largest absolute Gasteiger partial charge is 0.352 e. The maximum Gasteiger partial charge on any atom is 0.241 e. The van der Waals surface area contributed by atoms with Gasteiger partial charge in [0.1, 0.15) is 6.54 Å². The van der Waals surface area contributed by atoms with Crippen LogP contribution >= 0.6 is 0 Å². The third-order valence-corrected chi connectivity index (χ3v) is 3.06. The summed E-state index contributed by atoms with van der Waals surface area (Å²) in [5.41, 5.74) is 0. The topological polar surface area (TPSA) is 59.0 Å². The molecule has 1 aromatic rings. The highest BCUT2D eigenvalue weighted by Gasteiger charge is 2.22. The van der Waals surface area contributed by atoms with Gasteiger partial charge in [-0.1, -0.05) is 0 Å². The van der Waals surface area contributed by atoms with Gasteiger partial charge < -0.3 is 10.6 Å². The third-order valence-electron chi connectivity index (χ3n) is 3.06. The Morgan fingerprint density at radius 1 is 1.75 bits per heavy atom. The van der Waals surface area contributed by atoms with E-state index in [4.69, 9.17) is 0 Å². The summed E-state index contributed by atoms with van der Waals surface area (Å²) >= 11 is 0. The van der Waals surface area contributed by atoms with Crippen molar-refractivity contribution in [2.75, 3.05) is 13.1 Å². The molecular formula is C11H18N4O. The van der Waals surface area contributed by atoms with E-state index >= 15 is 0 Å². The van der Waals surface area contributed by atoms with Crippen LogP contribution in [-0.4, -0.2) is 34.8 Å². The second kappa shape index (κ2) is 5.12. The Bertz CT molecular complexity index is 330. The number of hydrogen-bond donors (Lipinski definition) is 2. The zero-order valence-corrected chi connectivity index (χ0v) is 9.52. The number of hydrogen-bond acceptors (Lipinski definition) is 3. The molecule has 0 bridgehead atoms. The second-order valence-electron chi connectivity index (χ2n) is 4.31. The van der Waals surface area contributed by atoms with E-state index in [1.807, 2.05) is 6.07 Å². The molecule has 0 spiro atoms. The molecular weight excluding hydrogens is 204 g/mol. The summed E-state index contributed by atoms with van der Waals surface area (Å²) < 4.78 is 1.63. The first-order chi connectivity index (χ1) is 7.75. The van der Waals surface area contributed by atoms with Gasteiger partial charge in [0.25, 0.3) is 0 Å². The SMILES string of the molecule is CC(NC(=O)Cn1cccn1)C1CCNC1. The molecule has 0 saturated carbocycles. The smallest absolute Gasteiger partial charge is 0.241 e. The fourth-order valence-corrected chi connectivity index (χ4v) is 2.06. The zero-order chi connectivity index (χ0) is 11.4. The van der Waals surface area contributed by atoms with E-state index in [0.717, 1.165) is 19.5 Å². The minimum atomic E-state index is 0.0306. The highest BCUT2D eigenvalue weighted by Crippen LogP contribution is 2.12. The van der Waals surface area contributed by atoms with Crippen LogP contribution < -0.4 is 10.6 Å². The molecule has 2 atom stereocenters. The molecule has 1 aliphatic heterocycles. The number of rotatable bonds is 4. The number of carbonyl (C=O) groups excluding carboxylic acids is 1. The summed E-state index contributed by atoms with van der Waals surface area (Å²) in [6, 6.07) is 2.05. The molecule has 5 heteroatoms. The lowest BCUT2D eigenvalue weighted by molar-refractivity contribution is -0.122. The first kappa shape index (κ1) is 11.1. The molecule has 0 radical (unpaired) electrons. The maximum atomic E-state index is 11.7. The molecule has 1 aromatic heterocycles.